The smallest absolute Gasteiger partial charge is 0.338 e. The lowest BCUT2D eigenvalue weighted by atomic mass is 10.1. The Balaban J connectivity index is 2.31. The van der Waals surface area contributed by atoms with E-state index in [4.69, 9.17) is 4.42 Å². The maximum atomic E-state index is 11.9. The lowest BCUT2D eigenvalue weighted by Gasteiger charge is -2.02. The Morgan fingerprint density at radius 1 is 1.26 bits per heavy atom. The predicted octanol–water partition coefficient (Wildman–Crippen LogP) is 3.22. The maximum Gasteiger partial charge on any atom is 0.338 e. The molecule has 0 aromatic carbocycles. The molecule has 5 nitrogen and oxygen atoms in total. The first-order chi connectivity index (χ1) is 8.90. The van der Waals surface area contributed by atoms with Crippen molar-refractivity contribution in [1.29, 1.82) is 0 Å². The summed E-state index contributed by atoms with van der Waals surface area (Å²) in [4.78, 5) is 24.0. The van der Waals surface area contributed by atoms with Gasteiger partial charge < -0.3 is 14.8 Å². The van der Waals surface area contributed by atoms with E-state index in [1.807, 2.05) is 6.92 Å². The molecule has 0 fully saturated rings. The van der Waals surface area contributed by atoms with E-state index < -0.39 is 11.9 Å². The largest absolute Gasteiger partial charge is 0.478 e. The monoisotopic (exact) mass is 279 g/mol. The van der Waals surface area contributed by atoms with Gasteiger partial charge in [-0.2, -0.15) is 0 Å². The zero-order valence-electron chi connectivity index (χ0n) is 10.7. The molecule has 2 N–H and O–H groups in total. The summed E-state index contributed by atoms with van der Waals surface area (Å²) in [7, 11) is 0. The molecule has 0 saturated carbocycles. The normalized spacial score (nSPS) is 10.5. The van der Waals surface area contributed by atoms with Crippen LogP contribution in [0.25, 0.3) is 0 Å². The number of nitrogens with one attached hydrogen (secondary N) is 1. The molecule has 0 aliphatic carbocycles. The highest BCUT2D eigenvalue weighted by atomic mass is 32.1. The van der Waals surface area contributed by atoms with Crippen molar-refractivity contribution in [3.63, 3.8) is 0 Å². The van der Waals surface area contributed by atoms with Crippen LogP contribution in [-0.4, -0.2) is 17.0 Å². The number of hydrogen-bond donors (Lipinski definition) is 2. The first-order valence-corrected chi connectivity index (χ1v) is 6.43. The first kappa shape index (κ1) is 13.4. The molecule has 2 heterocycles. The number of carbonyl (C=O) groups excluding carboxylic acids is 1. The third-order valence-electron chi connectivity index (χ3n) is 2.79. The van der Waals surface area contributed by atoms with Gasteiger partial charge in [0, 0.05) is 4.88 Å². The van der Waals surface area contributed by atoms with Crippen molar-refractivity contribution in [2.24, 2.45) is 0 Å². The minimum absolute atomic E-state index is 0.138. The molecule has 0 spiro atoms. The molecule has 2 rings (SSSR count). The topological polar surface area (TPSA) is 79.5 Å². The van der Waals surface area contributed by atoms with E-state index in [0.717, 1.165) is 4.88 Å². The number of amides is 1. The standard InChI is InChI=1S/C13H13NO4S/c1-6-4-5-9(18-6)11(15)14-12-10(13(16)17)7(2)8(3)19-12/h4-5H,1-3H3,(H,14,15)(H,16,17). The lowest BCUT2D eigenvalue weighted by molar-refractivity contribution is 0.0697. The number of aryl methyl sites for hydroxylation is 2. The van der Waals surface area contributed by atoms with Gasteiger partial charge >= 0.3 is 5.97 Å². The fourth-order valence-electron chi connectivity index (χ4n) is 1.69. The summed E-state index contributed by atoms with van der Waals surface area (Å²) in [5, 5.41) is 12.1. The van der Waals surface area contributed by atoms with Gasteiger partial charge in [-0.05, 0) is 38.5 Å². The number of carbonyl (C=O) groups is 2. The van der Waals surface area contributed by atoms with Gasteiger partial charge in [0.05, 0.1) is 5.56 Å². The van der Waals surface area contributed by atoms with Crippen molar-refractivity contribution in [2.45, 2.75) is 20.8 Å². The second kappa shape index (κ2) is 4.89. The molecular weight excluding hydrogens is 266 g/mol. The summed E-state index contributed by atoms with van der Waals surface area (Å²) in [6.07, 6.45) is 0. The zero-order valence-corrected chi connectivity index (χ0v) is 11.6. The van der Waals surface area contributed by atoms with E-state index in [2.05, 4.69) is 5.32 Å². The number of furan rings is 1. The van der Waals surface area contributed by atoms with Crippen LogP contribution in [0.15, 0.2) is 16.5 Å². The van der Waals surface area contributed by atoms with Crippen LogP contribution in [0, 0.1) is 20.8 Å². The van der Waals surface area contributed by atoms with Crippen molar-refractivity contribution in [2.75, 3.05) is 5.32 Å². The molecule has 0 unspecified atom stereocenters. The van der Waals surface area contributed by atoms with Gasteiger partial charge in [-0.15, -0.1) is 11.3 Å². The van der Waals surface area contributed by atoms with E-state index in [9.17, 15) is 14.7 Å². The van der Waals surface area contributed by atoms with Crippen LogP contribution >= 0.6 is 11.3 Å². The molecule has 19 heavy (non-hydrogen) atoms. The molecule has 0 radical (unpaired) electrons. The number of aromatic carboxylic acids is 1. The van der Waals surface area contributed by atoms with Crippen LogP contribution in [0.2, 0.25) is 0 Å². The molecule has 2 aromatic heterocycles. The molecule has 0 aliphatic heterocycles. The van der Waals surface area contributed by atoms with Gasteiger partial charge in [-0.1, -0.05) is 0 Å². The third-order valence-corrected chi connectivity index (χ3v) is 3.91. The Hall–Kier alpha value is -2.08. The fraction of sp³-hybridized carbons (Fsp3) is 0.231. The number of anilines is 1. The summed E-state index contributed by atoms with van der Waals surface area (Å²) in [6.45, 7) is 5.28. The molecule has 0 bridgehead atoms. The van der Waals surface area contributed by atoms with E-state index >= 15 is 0 Å². The van der Waals surface area contributed by atoms with Crippen LogP contribution in [0.4, 0.5) is 5.00 Å². The van der Waals surface area contributed by atoms with Crippen molar-refractivity contribution in [1.82, 2.24) is 0 Å². The van der Waals surface area contributed by atoms with Crippen LogP contribution in [0.1, 0.15) is 37.1 Å². The molecule has 0 saturated heterocycles. The van der Waals surface area contributed by atoms with Crippen molar-refractivity contribution in [3.8, 4) is 0 Å². The average molecular weight is 279 g/mol. The summed E-state index contributed by atoms with van der Waals surface area (Å²) in [5.74, 6) is -0.704. The lowest BCUT2D eigenvalue weighted by Crippen LogP contribution is -2.12. The highest BCUT2D eigenvalue weighted by Crippen LogP contribution is 2.32. The summed E-state index contributed by atoms with van der Waals surface area (Å²) in [6, 6.07) is 3.23. The molecule has 1 amide bonds. The minimum Gasteiger partial charge on any atom is -0.478 e. The van der Waals surface area contributed by atoms with Crippen LogP contribution in [0.5, 0.6) is 0 Å². The maximum absolute atomic E-state index is 11.9. The Morgan fingerprint density at radius 2 is 1.95 bits per heavy atom. The Labute approximate surface area is 113 Å². The second-order valence-electron chi connectivity index (χ2n) is 4.16. The van der Waals surface area contributed by atoms with Gasteiger partial charge in [0.15, 0.2) is 5.76 Å². The van der Waals surface area contributed by atoms with Gasteiger partial charge in [-0.3, -0.25) is 4.79 Å². The first-order valence-electron chi connectivity index (χ1n) is 5.61. The summed E-state index contributed by atoms with van der Waals surface area (Å²) in [5.41, 5.74) is 0.808. The number of carboxylic acid groups (broad SMARTS) is 1. The molecule has 6 heteroatoms. The van der Waals surface area contributed by atoms with E-state index in [1.165, 1.54) is 11.3 Å². The van der Waals surface area contributed by atoms with Gasteiger partial charge in [0.2, 0.25) is 0 Å². The predicted molar refractivity (Wildman–Crippen MR) is 72.2 cm³/mol. The second-order valence-corrected chi connectivity index (χ2v) is 5.38. The minimum atomic E-state index is -1.05. The third kappa shape index (κ3) is 2.53. The van der Waals surface area contributed by atoms with Crippen LogP contribution in [-0.2, 0) is 0 Å². The SMILES string of the molecule is Cc1ccc(C(=O)Nc2sc(C)c(C)c2C(=O)O)o1. The van der Waals surface area contributed by atoms with E-state index in [1.54, 1.807) is 26.0 Å². The number of hydrogen-bond acceptors (Lipinski definition) is 4. The van der Waals surface area contributed by atoms with Crippen LogP contribution in [0.3, 0.4) is 0 Å². The van der Waals surface area contributed by atoms with Crippen LogP contribution < -0.4 is 5.32 Å². The highest BCUT2D eigenvalue weighted by Gasteiger charge is 2.21. The van der Waals surface area contributed by atoms with Gasteiger partial charge in [0.1, 0.15) is 10.8 Å². The molecule has 100 valence electrons. The highest BCUT2D eigenvalue weighted by molar-refractivity contribution is 7.16. The van der Waals surface area contributed by atoms with Crippen molar-refractivity contribution in [3.05, 3.63) is 39.7 Å². The fourth-order valence-corrected chi connectivity index (χ4v) is 2.74. The average Bonchev–Trinajstić information content (AvgIpc) is 2.85. The molecule has 0 atom stereocenters. The van der Waals surface area contributed by atoms with Gasteiger partial charge in [0.25, 0.3) is 5.91 Å². The Morgan fingerprint density at radius 3 is 2.47 bits per heavy atom. The number of carboxylic acids is 1. The van der Waals surface area contributed by atoms with E-state index in [-0.39, 0.29) is 11.3 Å². The molecular formula is C13H13NO4S. The molecule has 2 aromatic rings. The quantitative estimate of drug-likeness (QED) is 0.904. The Kier molecular flexibility index (Phi) is 3.44. The summed E-state index contributed by atoms with van der Waals surface area (Å²) < 4.78 is 5.20. The van der Waals surface area contributed by atoms with Gasteiger partial charge in [-0.25, -0.2) is 4.79 Å². The Bertz CT molecular complexity index is 654. The van der Waals surface area contributed by atoms with Crippen molar-refractivity contribution >= 4 is 28.2 Å². The summed E-state index contributed by atoms with van der Waals surface area (Å²) >= 11 is 1.24. The number of rotatable bonds is 3. The molecule has 0 aliphatic rings. The zero-order chi connectivity index (χ0) is 14.2. The number of thiophene rings is 1. The van der Waals surface area contributed by atoms with E-state index in [0.29, 0.717) is 16.3 Å². The van der Waals surface area contributed by atoms with Crippen molar-refractivity contribution < 1.29 is 19.1 Å².